The summed E-state index contributed by atoms with van der Waals surface area (Å²) in [6.07, 6.45) is 47.2. The van der Waals surface area contributed by atoms with Crippen LogP contribution in [0.1, 0.15) is 194 Å². The van der Waals surface area contributed by atoms with Gasteiger partial charge >= 0.3 is 11.9 Å². The van der Waals surface area contributed by atoms with Gasteiger partial charge in [0.25, 0.3) is 7.82 Å². The van der Waals surface area contributed by atoms with Crippen molar-refractivity contribution in [3.8, 4) is 0 Å². The molecule has 338 valence electrons. The van der Waals surface area contributed by atoms with Crippen molar-refractivity contribution in [2.45, 2.75) is 200 Å². The summed E-state index contributed by atoms with van der Waals surface area (Å²) in [5, 5.41) is 0. The molecule has 0 radical (unpaired) electrons. The molecule has 0 aromatic heterocycles. The Morgan fingerprint density at radius 2 is 0.983 bits per heavy atom. The van der Waals surface area contributed by atoms with Crippen LogP contribution in [0, 0.1) is 0 Å². The number of hydrogen-bond donors (Lipinski definition) is 0. The van der Waals surface area contributed by atoms with Gasteiger partial charge in [0.05, 0.1) is 27.7 Å². The minimum Gasteiger partial charge on any atom is -0.756 e. The fourth-order valence-corrected chi connectivity index (χ4v) is 6.96. The van der Waals surface area contributed by atoms with E-state index in [0.29, 0.717) is 23.9 Å². The summed E-state index contributed by atoms with van der Waals surface area (Å²) in [5.74, 6) is -0.879. The van der Waals surface area contributed by atoms with E-state index in [4.69, 9.17) is 18.5 Å². The van der Waals surface area contributed by atoms with Crippen LogP contribution >= 0.6 is 7.82 Å². The van der Waals surface area contributed by atoms with E-state index in [1.807, 2.05) is 21.1 Å². The van der Waals surface area contributed by atoms with Gasteiger partial charge in [0.1, 0.15) is 19.8 Å². The van der Waals surface area contributed by atoms with Crippen LogP contribution in [-0.2, 0) is 32.7 Å². The number of phosphoric ester groups is 1. The minimum absolute atomic E-state index is 0.0377. The zero-order valence-electron chi connectivity index (χ0n) is 38.0. The van der Waals surface area contributed by atoms with E-state index in [2.05, 4.69) is 62.5 Å². The van der Waals surface area contributed by atoms with Crippen LogP contribution in [0.4, 0.5) is 0 Å². The lowest BCUT2D eigenvalue weighted by atomic mass is 10.0. The van der Waals surface area contributed by atoms with Crippen LogP contribution in [0.5, 0.6) is 0 Å². The number of carbonyl (C=O) groups excluding carboxylic acids is 2. The molecule has 2 atom stereocenters. The summed E-state index contributed by atoms with van der Waals surface area (Å²) in [5.41, 5.74) is 0. The lowest BCUT2D eigenvalue weighted by Gasteiger charge is -2.28. The summed E-state index contributed by atoms with van der Waals surface area (Å²) in [7, 11) is 1.14. The monoisotopic (exact) mass is 838 g/mol. The third-order valence-corrected chi connectivity index (χ3v) is 10.8. The Labute approximate surface area is 356 Å². The number of carbonyl (C=O) groups is 2. The Bertz CT molecular complexity index is 1130. The molecule has 0 aromatic rings. The van der Waals surface area contributed by atoms with Gasteiger partial charge in [-0.1, -0.05) is 178 Å². The first-order chi connectivity index (χ1) is 28.0. The van der Waals surface area contributed by atoms with Crippen LogP contribution in [-0.4, -0.2) is 70.0 Å². The number of phosphoric acid groups is 1. The first-order valence-electron chi connectivity index (χ1n) is 23.3. The van der Waals surface area contributed by atoms with Gasteiger partial charge in [0.15, 0.2) is 6.10 Å². The molecule has 0 aliphatic carbocycles. The average molecular weight is 838 g/mol. The highest BCUT2D eigenvalue weighted by molar-refractivity contribution is 7.45. The summed E-state index contributed by atoms with van der Waals surface area (Å²) in [6.45, 7) is 4.08. The predicted molar refractivity (Wildman–Crippen MR) is 240 cm³/mol. The molecule has 0 N–H and O–H groups in total. The Hall–Kier alpha value is -2.03. The number of allylic oxidation sites excluding steroid dienone is 8. The molecule has 0 amide bonds. The SMILES string of the molecule is CC/C=C\C/C=C\C/C=C\C/C=C\CCCCC(=O)OC[C@H](COP(=O)([O-])OCC[N+](C)(C)C)OC(=O)CCCCCCCCCCCCCCCCCCCCC. The third kappa shape index (κ3) is 43.5. The summed E-state index contributed by atoms with van der Waals surface area (Å²) >= 11 is 0. The van der Waals surface area contributed by atoms with Gasteiger partial charge in [-0.3, -0.25) is 14.2 Å². The predicted octanol–water partition coefficient (Wildman–Crippen LogP) is 12.8. The highest BCUT2D eigenvalue weighted by Crippen LogP contribution is 2.38. The maximum absolute atomic E-state index is 12.7. The van der Waals surface area contributed by atoms with E-state index in [0.717, 1.165) is 57.8 Å². The first-order valence-corrected chi connectivity index (χ1v) is 24.8. The number of quaternary nitrogens is 1. The van der Waals surface area contributed by atoms with Crippen molar-refractivity contribution in [1.82, 2.24) is 0 Å². The molecule has 0 spiro atoms. The highest BCUT2D eigenvalue weighted by atomic mass is 31.2. The number of esters is 2. The van der Waals surface area contributed by atoms with Gasteiger partial charge in [0.2, 0.25) is 0 Å². The second-order valence-electron chi connectivity index (χ2n) is 16.7. The van der Waals surface area contributed by atoms with Crippen molar-refractivity contribution in [3.63, 3.8) is 0 Å². The minimum atomic E-state index is -4.63. The fraction of sp³-hybridized carbons (Fsp3) is 0.792. The molecular formula is C48H88NO8P. The van der Waals surface area contributed by atoms with Crippen molar-refractivity contribution in [2.75, 3.05) is 47.5 Å². The van der Waals surface area contributed by atoms with Gasteiger partial charge in [0, 0.05) is 12.8 Å². The van der Waals surface area contributed by atoms with Gasteiger partial charge in [-0.15, -0.1) is 0 Å². The zero-order valence-corrected chi connectivity index (χ0v) is 38.9. The van der Waals surface area contributed by atoms with E-state index >= 15 is 0 Å². The molecule has 0 aliphatic heterocycles. The van der Waals surface area contributed by atoms with E-state index in [9.17, 15) is 19.0 Å². The molecule has 0 aromatic carbocycles. The number of nitrogens with zero attached hydrogens (tertiary/aromatic N) is 1. The number of rotatable bonds is 42. The van der Waals surface area contributed by atoms with Crippen molar-refractivity contribution in [1.29, 1.82) is 0 Å². The van der Waals surface area contributed by atoms with Crippen LogP contribution in [0.2, 0.25) is 0 Å². The highest BCUT2D eigenvalue weighted by Gasteiger charge is 2.21. The Morgan fingerprint density at radius 3 is 1.47 bits per heavy atom. The lowest BCUT2D eigenvalue weighted by Crippen LogP contribution is -2.37. The van der Waals surface area contributed by atoms with Crippen LogP contribution in [0.25, 0.3) is 0 Å². The number of hydrogen-bond acceptors (Lipinski definition) is 8. The average Bonchev–Trinajstić information content (AvgIpc) is 3.17. The molecule has 0 rings (SSSR count). The molecule has 0 heterocycles. The molecule has 0 saturated carbocycles. The topological polar surface area (TPSA) is 111 Å². The maximum Gasteiger partial charge on any atom is 0.306 e. The molecular weight excluding hydrogens is 750 g/mol. The van der Waals surface area contributed by atoms with Gasteiger partial charge < -0.3 is 27.9 Å². The molecule has 0 bridgehead atoms. The second kappa shape index (κ2) is 40.4. The van der Waals surface area contributed by atoms with Crippen molar-refractivity contribution >= 4 is 19.8 Å². The molecule has 9 nitrogen and oxygen atoms in total. The normalized spacial score (nSPS) is 14.0. The molecule has 0 aliphatic rings. The van der Waals surface area contributed by atoms with Gasteiger partial charge in [-0.2, -0.15) is 0 Å². The summed E-state index contributed by atoms with van der Waals surface area (Å²) in [6, 6.07) is 0. The lowest BCUT2D eigenvalue weighted by molar-refractivity contribution is -0.870. The second-order valence-corrected chi connectivity index (χ2v) is 18.2. The molecule has 0 saturated heterocycles. The number of likely N-dealkylation sites (N-methyl/N-ethyl adjacent to an activating group) is 1. The van der Waals surface area contributed by atoms with Gasteiger partial charge in [-0.05, 0) is 51.4 Å². The van der Waals surface area contributed by atoms with Crippen molar-refractivity contribution < 1.29 is 42.1 Å². The standard InChI is InChI=1S/C48H88NO8P/c1-6-8-10-12-14-16-18-20-22-23-24-25-27-29-31-33-35-37-39-41-48(51)57-46(45-56-58(52,53)55-43-42-49(3,4)5)44-54-47(50)40-38-36-34-32-30-28-26-21-19-17-15-13-11-9-7-2/h9,11,15,17,21,26,30,32,46H,6-8,10,12-14,16,18-20,22-25,27-29,31,33-45H2,1-5H3/b11-9-,17-15-,26-21-,32-30-/t46-/m1/s1. The number of ether oxygens (including phenoxy) is 2. The number of unbranched alkanes of at least 4 members (excludes halogenated alkanes) is 20. The quantitative estimate of drug-likeness (QED) is 0.0196. The van der Waals surface area contributed by atoms with E-state index in [1.54, 1.807) is 0 Å². The maximum atomic E-state index is 12.7. The zero-order chi connectivity index (χ0) is 42.8. The van der Waals surface area contributed by atoms with Crippen molar-refractivity contribution in [2.24, 2.45) is 0 Å². The van der Waals surface area contributed by atoms with E-state index in [1.165, 1.54) is 96.3 Å². The summed E-state index contributed by atoms with van der Waals surface area (Å²) < 4.78 is 33.9. The van der Waals surface area contributed by atoms with E-state index < -0.39 is 32.5 Å². The van der Waals surface area contributed by atoms with Crippen LogP contribution in [0.3, 0.4) is 0 Å². The van der Waals surface area contributed by atoms with E-state index in [-0.39, 0.29) is 26.1 Å². The van der Waals surface area contributed by atoms with Crippen LogP contribution in [0.15, 0.2) is 48.6 Å². The fourth-order valence-electron chi connectivity index (χ4n) is 6.23. The largest absolute Gasteiger partial charge is 0.756 e. The van der Waals surface area contributed by atoms with Gasteiger partial charge in [-0.25, -0.2) is 0 Å². The summed E-state index contributed by atoms with van der Waals surface area (Å²) in [4.78, 5) is 37.6. The Kier molecular flexibility index (Phi) is 39.0. The Morgan fingerprint density at radius 1 is 0.552 bits per heavy atom. The molecule has 1 unspecified atom stereocenters. The third-order valence-electron chi connectivity index (χ3n) is 9.86. The van der Waals surface area contributed by atoms with Crippen molar-refractivity contribution in [3.05, 3.63) is 48.6 Å². The first kappa shape index (κ1) is 56.0. The molecule has 10 heteroatoms. The smallest absolute Gasteiger partial charge is 0.306 e. The van der Waals surface area contributed by atoms with Crippen LogP contribution < -0.4 is 4.89 Å². The Balaban J connectivity index is 4.34. The molecule has 0 fully saturated rings. The molecule has 58 heavy (non-hydrogen) atoms.